The van der Waals surface area contributed by atoms with Gasteiger partial charge in [0.15, 0.2) is 0 Å². The Labute approximate surface area is 104 Å². The second-order valence-electron chi connectivity index (χ2n) is 5.63. The summed E-state index contributed by atoms with van der Waals surface area (Å²) in [5, 5.41) is 0. The van der Waals surface area contributed by atoms with E-state index in [1.54, 1.807) is 0 Å². The van der Waals surface area contributed by atoms with Gasteiger partial charge < -0.3 is 4.74 Å². The third kappa shape index (κ3) is 2.94. The van der Waals surface area contributed by atoms with Gasteiger partial charge >= 0.3 is 6.18 Å². The number of alkyl halides is 3. The largest absolute Gasteiger partial charge is 0.490 e. The average Bonchev–Trinajstić information content (AvgIpc) is 2.98. The molecule has 2 rings (SSSR count). The first-order valence-corrected chi connectivity index (χ1v) is 5.92. The quantitative estimate of drug-likeness (QED) is 0.802. The lowest BCUT2D eigenvalue weighted by atomic mass is 9.87. The molecule has 1 aromatic rings. The van der Waals surface area contributed by atoms with Gasteiger partial charge in [0.05, 0.1) is 6.10 Å². The van der Waals surface area contributed by atoms with Crippen molar-refractivity contribution in [2.75, 3.05) is 0 Å². The molecule has 0 bridgehead atoms. The van der Waals surface area contributed by atoms with E-state index in [1.165, 1.54) is 6.20 Å². The summed E-state index contributed by atoms with van der Waals surface area (Å²) in [6, 6.07) is 1.01. The Morgan fingerprint density at radius 3 is 2.28 bits per heavy atom. The summed E-state index contributed by atoms with van der Waals surface area (Å²) < 4.78 is 43.5. The number of hydrogen-bond acceptors (Lipinski definition) is 2. The molecule has 0 amide bonds. The van der Waals surface area contributed by atoms with Gasteiger partial charge in [-0.05, 0) is 18.3 Å². The molecule has 0 saturated heterocycles. The summed E-state index contributed by atoms with van der Waals surface area (Å²) in [7, 11) is 0. The van der Waals surface area contributed by atoms with Gasteiger partial charge in [0.25, 0.3) is 0 Å². The minimum absolute atomic E-state index is 0.0644. The van der Waals surface area contributed by atoms with Crippen LogP contribution in [0, 0.1) is 0 Å². The van der Waals surface area contributed by atoms with E-state index in [0.717, 1.165) is 18.9 Å². The summed E-state index contributed by atoms with van der Waals surface area (Å²) in [4.78, 5) is 3.50. The van der Waals surface area contributed by atoms with Gasteiger partial charge in [-0.3, -0.25) is 4.98 Å². The van der Waals surface area contributed by atoms with Crippen LogP contribution in [-0.4, -0.2) is 11.1 Å². The minimum Gasteiger partial charge on any atom is -0.490 e. The van der Waals surface area contributed by atoms with Crippen LogP contribution in [0.25, 0.3) is 0 Å². The lowest BCUT2D eigenvalue weighted by molar-refractivity contribution is -0.141. The van der Waals surface area contributed by atoms with Crippen LogP contribution < -0.4 is 4.74 Å². The van der Waals surface area contributed by atoms with Gasteiger partial charge in [-0.1, -0.05) is 20.8 Å². The molecule has 1 fully saturated rings. The van der Waals surface area contributed by atoms with Crippen molar-refractivity contribution in [3.63, 3.8) is 0 Å². The molecule has 0 spiro atoms. The highest BCUT2D eigenvalue weighted by atomic mass is 19.4. The molecule has 0 N–H and O–H groups in total. The SMILES string of the molecule is CC(C)(C)c1cnc(C(F)(F)F)cc1OC1CC1. The van der Waals surface area contributed by atoms with Crippen molar-refractivity contribution in [3.05, 3.63) is 23.5 Å². The van der Waals surface area contributed by atoms with E-state index < -0.39 is 11.9 Å². The number of nitrogens with zero attached hydrogens (tertiary/aromatic N) is 1. The topological polar surface area (TPSA) is 22.1 Å². The van der Waals surface area contributed by atoms with Crippen LogP contribution in [0.4, 0.5) is 13.2 Å². The molecular formula is C13H16F3NO. The maximum absolute atomic E-state index is 12.6. The van der Waals surface area contributed by atoms with E-state index in [-0.39, 0.29) is 11.5 Å². The average molecular weight is 259 g/mol. The van der Waals surface area contributed by atoms with Crippen LogP contribution >= 0.6 is 0 Å². The first kappa shape index (κ1) is 13.2. The van der Waals surface area contributed by atoms with Gasteiger partial charge in [0.2, 0.25) is 0 Å². The van der Waals surface area contributed by atoms with Gasteiger partial charge in [0, 0.05) is 17.8 Å². The van der Waals surface area contributed by atoms with Crippen LogP contribution in [0.5, 0.6) is 5.75 Å². The molecule has 1 heterocycles. The Kier molecular flexibility index (Phi) is 3.03. The molecule has 1 aliphatic carbocycles. The van der Waals surface area contributed by atoms with Crippen LogP contribution in [0.15, 0.2) is 12.3 Å². The number of hydrogen-bond donors (Lipinski definition) is 0. The molecule has 1 aromatic heterocycles. The zero-order valence-corrected chi connectivity index (χ0v) is 10.6. The van der Waals surface area contributed by atoms with Crippen molar-refractivity contribution in [1.82, 2.24) is 4.98 Å². The highest BCUT2D eigenvalue weighted by molar-refractivity contribution is 5.39. The predicted molar refractivity (Wildman–Crippen MR) is 61.6 cm³/mol. The summed E-state index contributed by atoms with van der Waals surface area (Å²) in [5.41, 5.74) is -0.477. The fraction of sp³-hybridized carbons (Fsp3) is 0.615. The zero-order valence-electron chi connectivity index (χ0n) is 10.6. The van der Waals surface area contributed by atoms with Crippen molar-refractivity contribution in [2.24, 2.45) is 0 Å². The first-order valence-electron chi connectivity index (χ1n) is 5.92. The lowest BCUT2D eigenvalue weighted by Crippen LogP contribution is -2.17. The molecular weight excluding hydrogens is 243 g/mol. The predicted octanol–water partition coefficient (Wildman–Crippen LogP) is 3.94. The Morgan fingerprint density at radius 1 is 1.22 bits per heavy atom. The third-order valence-electron chi connectivity index (χ3n) is 2.78. The van der Waals surface area contributed by atoms with E-state index in [1.807, 2.05) is 20.8 Å². The van der Waals surface area contributed by atoms with Crippen molar-refractivity contribution in [1.29, 1.82) is 0 Å². The van der Waals surface area contributed by atoms with Gasteiger partial charge in [-0.15, -0.1) is 0 Å². The molecule has 0 aromatic carbocycles. The Hall–Kier alpha value is -1.26. The standard InChI is InChI=1S/C13H16F3NO/c1-12(2,3)9-7-17-11(13(14,15)16)6-10(9)18-8-4-5-8/h6-8H,4-5H2,1-3H3. The summed E-state index contributed by atoms with van der Waals surface area (Å²) in [6.07, 6.45) is -1.27. The molecule has 0 unspecified atom stereocenters. The maximum atomic E-state index is 12.6. The fourth-order valence-electron chi connectivity index (χ4n) is 1.62. The molecule has 0 atom stereocenters. The van der Waals surface area contributed by atoms with E-state index in [9.17, 15) is 13.2 Å². The van der Waals surface area contributed by atoms with Crippen LogP contribution in [-0.2, 0) is 11.6 Å². The highest BCUT2D eigenvalue weighted by Gasteiger charge is 2.35. The van der Waals surface area contributed by atoms with E-state index in [4.69, 9.17) is 4.74 Å². The smallest absolute Gasteiger partial charge is 0.433 e. The zero-order chi connectivity index (χ0) is 13.6. The summed E-state index contributed by atoms with van der Waals surface area (Å²) in [5.74, 6) is 0.312. The number of halogens is 3. The van der Waals surface area contributed by atoms with Gasteiger partial charge in [-0.25, -0.2) is 0 Å². The van der Waals surface area contributed by atoms with E-state index in [0.29, 0.717) is 11.3 Å². The van der Waals surface area contributed by atoms with Crippen molar-refractivity contribution >= 4 is 0 Å². The second-order valence-corrected chi connectivity index (χ2v) is 5.63. The second kappa shape index (κ2) is 4.14. The Bertz CT molecular complexity index is 445. The molecule has 1 saturated carbocycles. The summed E-state index contributed by atoms with van der Waals surface area (Å²) in [6.45, 7) is 5.78. The minimum atomic E-state index is -4.43. The number of pyridine rings is 1. The first-order chi connectivity index (χ1) is 8.18. The molecule has 0 radical (unpaired) electrons. The normalized spacial score (nSPS) is 16.8. The highest BCUT2D eigenvalue weighted by Crippen LogP contribution is 2.38. The molecule has 0 aliphatic heterocycles. The monoisotopic (exact) mass is 259 g/mol. The van der Waals surface area contributed by atoms with Crippen LogP contribution in [0.3, 0.4) is 0 Å². The van der Waals surface area contributed by atoms with E-state index >= 15 is 0 Å². The third-order valence-corrected chi connectivity index (χ3v) is 2.78. The van der Waals surface area contributed by atoms with Crippen molar-refractivity contribution in [3.8, 4) is 5.75 Å². The Balaban J connectivity index is 2.41. The number of aromatic nitrogens is 1. The number of ether oxygens (including phenoxy) is 1. The molecule has 100 valence electrons. The molecule has 1 aliphatic rings. The number of rotatable bonds is 2. The van der Waals surface area contributed by atoms with Crippen LogP contribution in [0.1, 0.15) is 44.9 Å². The van der Waals surface area contributed by atoms with Gasteiger partial charge in [0.1, 0.15) is 11.4 Å². The molecule has 18 heavy (non-hydrogen) atoms. The molecule has 2 nitrogen and oxygen atoms in total. The van der Waals surface area contributed by atoms with Crippen LogP contribution in [0.2, 0.25) is 0 Å². The maximum Gasteiger partial charge on any atom is 0.433 e. The Morgan fingerprint density at radius 2 is 1.83 bits per heavy atom. The van der Waals surface area contributed by atoms with Crippen molar-refractivity contribution < 1.29 is 17.9 Å². The fourth-order valence-corrected chi connectivity index (χ4v) is 1.62. The molecule has 5 heteroatoms. The summed E-state index contributed by atoms with van der Waals surface area (Å²) >= 11 is 0. The van der Waals surface area contributed by atoms with Crippen molar-refractivity contribution in [2.45, 2.75) is 51.3 Å². The lowest BCUT2D eigenvalue weighted by Gasteiger charge is -2.23. The van der Waals surface area contributed by atoms with Gasteiger partial charge in [-0.2, -0.15) is 13.2 Å². The van der Waals surface area contributed by atoms with E-state index in [2.05, 4.69) is 4.98 Å².